The van der Waals surface area contributed by atoms with Crippen molar-refractivity contribution in [2.45, 2.75) is 29.0 Å². The molecule has 0 aliphatic heterocycles. The van der Waals surface area contributed by atoms with Gasteiger partial charge in [0.25, 0.3) is 0 Å². The maximum absolute atomic E-state index is 12.4. The van der Waals surface area contributed by atoms with E-state index >= 15 is 0 Å². The van der Waals surface area contributed by atoms with Gasteiger partial charge in [0, 0.05) is 25.5 Å². The van der Waals surface area contributed by atoms with Crippen LogP contribution in [0.25, 0.3) is 21.8 Å². The van der Waals surface area contributed by atoms with Crippen LogP contribution in [-0.2, 0) is 22.3 Å². The lowest BCUT2D eigenvalue weighted by Gasteiger charge is -2.11. The van der Waals surface area contributed by atoms with E-state index in [1.54, 1.807) is 23.9 Å². The Labute approximate surface area is 175 Å². The van der Waals surface area contributed by atoms with Gasteiger partial charge in [-0.25, -0.2) is 17.7 Å². The van der Waals surface area contributed by atoms with Crippen molar-refractivity contribution in [2.75, 3.05) is 14.1 Å². The van der Waals surface area contributed by atoms with Crippen LogP contribution >= 0.6 is 11.8 Å². The molecule has 0 amide bonds. The molecular formula is C22H23N3O2S2. The van der Waals surface area contributed by atoms with Gasteiger partial charge in [-0.05, 0) is 48.0 Å². The van der Waals surface area contributed by atoms with Crippen molar-refractivity contribution in [2.24, 2.45) is 0 Å². The van der Waals surface area contributed by atoms with Crippen LogP contribution in [0.1, 0.15) is 12.7 Å². The maximum Gasteiger partial charge on any atom is 0.242 e. The fourth-order valence-corrected chi connectivity index (χ4v) is 5.21. The summed E-state index contributed by atoms with van der Waals surface area (Å²) < 4.78 is 28.3. The largest absolute Gasteiger partial charge is 0.328 e. The third kappa shape index (κ3) is 3.77. The highest BCUT2D eigenvalue weighted by Gasteiger charge is 2.19. The van der Waals surface area contributed by atoms with Crippen molar-refractivity contribution in [1.29, 1.82) is 0 Å². The monoisotopic (exact) mass is 425 g/mol. The van der Waals surface area contributed by atoms with Crippen LogP contribution in [0.4, 0.5) is 0 Å². The molecule has 150 valence electrons. The molecule has 4 aromatic rings. The molecule has 7 heteroatoms. The highest BCUT2D eigenvalue weighted by molar-refractivity contribution is 7.98. The molecule has 0 fully saturated rings. The molecule has 0 saturated heterocycles. The number of aromatic nitrogens is 2. The van der Waals surface area contributed by atoms with Crippen LogP contribution in [0.3, 0.4) is 0 Å². The minimum absolute atomic E-state index is 0.268. The van der Waals surface area contributed by atoms with Gasteiger partial charge in [-0.2, -0.15) is 0 Å². The molecule has 0 saturated carbocycles. The molecule has 0 radical (unpaired) electrons. The number of sulfonamides is 1. The van der Waals surface area contributed by atoms with Gasteiger partial charge in [0.2, 0.25) is 10.0 Å². The molecule has 0 spiro atoms. The molecule has 3 aromatic carbocycles. The molecule has 5 nitrogen and oxygen atoms in total. The SMILES string of the molecule is CCn1c(CSc2ccc3ccccc3c2)nc2cc(S(=O)(=O)N(C)C)ccc21. The standard InChI is InChI=1S/C22H23N3O2S2/c1-4-25-21-12-11-19(29(26,27)24(2)3)14-20(21)23-22(25)15-28-18-10-9-16-7-5-6-8-17(16)13-18/h5-14H,4,15H2,1-3H3. The van der Waals surface area contributed by atoms with Crippen molar-refractivity contribution >= 4 is 43.6 Å². The number of nitrogens with zero attached hydrogens (tertiary/aromatic N) is 3. The molecule has 29 heavy (non-hydrogen) atoms. The Hall–Kier alpha value is -2.35. The van der Waals surface area contributed by atoms with Crippen LogP contribution < -0.4 is 0 Å². The van der Waals surface area contributed by atoms with Crippen LogP contribution in [0.2, 0.25) is 0 Å². The Bertz CT molecular complexity index is 1290. The first kappa shape index (κ1) is 19.9. The summed E-state index contributed by atoms with van der Waals surface area (Å²) in [7, 11) is -0.401. The number of benzene rings is 3. The van der Waals surface area contributed by atoms with Gasteiger partial charge >= 0.3 is 0 Å². The van der Waals surface area contributed by atoms with Crippen molar-refractivity contribution in [3.8, 4) is 0 Å². The first-order valence-corrected chi connectivity index (χ1v) is 11.9. The number of rotatable bonds is 6. The normalized spacial score (nSPS) is 12.3. The molecule has 1 heterocycles. The number of thioether (sulfide) groups is 1. The average molecular weight is 426 g/mol. The number of hydrogen-bond acceptors (Lipinski definition) is 4. The minimum atomic E-state index is -3.48. The van der Waals surface area contributed by atoms with E-state index in [0.29, 0.717) is 5.52 Å². The second kappa shape index (κ2) is 7.82. The summed E-state index contributed by atoms with van der Waals surface area (Å²) in [4.78, 5) is 6.21. The van der Waals surface area contributed by atoms with E-state index in [0.717, 1.165) is 23.6 Å². The summed E-state index contributed by atoms with van der Waals surface area (Å²) in [5.74, 6) is 1.66. The molecule has 0 N–H and O–H groups in total. The fourth-order valence-electron chi connectivity index (χ4n) is 3.40. The van der Waals surface area contributed by atoms with Gasteiger partial charge < -0.3 is 4.57 Å². The Kier molecular flexibility index (Phi) is 5.38. The summed E-state index contributed by atoms with van der Waals surface area (Å²) in [6.45, 7) is 2.86. The minimum Gasteiger partial charge on any atom is -0.328 e. The van der Waals surface area contributed by atoms with Crippen molar-refractivity contribution < 1.29 is 8.42 Å². The summed E-state index contributed by atoms with van der Waals surface area (Å²) in [6.07, 6.45) is 0. The Morgan fingerprint density at radius 3 is 2.48 bits per heavy atom. The van der Waals surface area contributed by atoms with Crippen molar-refractivity contribution in [3.63, 3.8) is 0 Å². The van der Waals surface area contributed by atoms with Gasteiger partial charge in [-0.15, -0.1) is 11.8 Å². The van der Waals surface area contributed by atoms with Gasteiger partial charge in [-0.3, -0.25) is 0 Å². The molecule has 0 aliphatic rings. The van der Waals surface area contributed by atoms with Gasteiger partial charge in [0.1, 0.15) is 5.82 Å². The van der Waals surface area contributed by atoms with Crippen LogP contribution in [-0.4, -0.2) is 36.4 Å². The zero-order chi connectivity index (χ0) is 20.6. The second-order valence-electron chi connectivity index (χ2n) is 7.01. The highest BCUT2D eigenvalue weighted by atomic mass is 32.2. The third-order valence-electron chi connectivity index (χ3n) is 4.98. The van der Waals surface area contributed by atoms with Crippen LogP contribution in [0.5, 0.6) is 0 Å². The van der Waals surface area contributed by atoms with Gasteiger partial charge in [-0.1, -0.05) is 30.3 Å². The molecule has 0 unspecified atom stereocenters. The highest BCUT2D eigenvalue weighted by Crippen LogP contribution is 2.29. The van der Waals surface area contributed by atoms with Crippen molar-refractivity contribution in [3.05, 3.63) is 66.5 Å². The first-order chi connectivity index (χ1) is 13.9. The number of aryl methyl sites for hydroxylation is 1. The third-order valence-corrected chi connectivity index (χ3v) is 7.78. The van der Waals surface area contributed by atoms with E-state index < -0.39 is 10.0 Å². The molecule has 1 aromatic heterocycles. The second-order valence-corrected chi connectivity index (χ2v) is 10.2. The zero-order valence-electron chi connectivity index (χ0n) is 16.7. The lowest BCUT2D eigenvalue weighted by molar-refractivity contribution is 0.521. The van der Waals surface area contributed by atoms with E-state index in [1.807, 2.05) is 18.2 Å². The Morgan fingerprint density at radius 2 is 1.76 bits per heavy atom. The molecule has 0 atom stereocenters. The lowest BCUT2D eigenvalue weighted by atomic mass is 10.1. The predicted molar refractivity (Wildman–Crippen MR) is 120 cm³/mol. The van der Waals surface area contributed by atoms with Crippen molar-refractivity contribution in [1.82, 2.24) is 13.9 Å². The smallest absolute Gasteiger partial charge is 0.242 e. The molecule has 0 bridgehead atoms. The average Bonchev–Trinajstić information content (AvgIpc) is 3.08. The maximum atomic E-state index is 12.4. The summed E-state index contributed by atoms with van der Waals surface area (Å²) in [6, 6.07) is 20.0. The topological polar surface area (TPSA) is 55.2 Å². The van der Waals surface area contributed by atoms with E-state index in [9.17, 15) is 8.42 Å². The Balaban J connectivity index is 1.65. The summed E-state index contributed by atoms with van der Waals surface area (Å²) in [5.41, 5.74) is 1.67. The fraction of sp³-hybridized carbons (Fsp3) is 0.227. The van der Waals surface area contributed by atoms with Gasteiger partial charge in [0.05, 0.1) is 21.7 Å². The van der Waals surface area contributed by atoms with Crippen LogP contribution in [0.15, 0.2) is 70.5 Å². The number of imidazole rings is 1. The van der Waals surface area contributed by atoms with E-state index in [2.05, 4.69) is 41.8 Å². The predicted octanol–water partition coefficient (Wildman–Crippen LogP) is 4.75. The summed E-state index contributed by atoms with van der Waals surface area (Å²) >= 11 is 1.74. The first-order valence-electron chi connectivity index (χ1n) is 9.43. The molecular weight excluding hydrogens is 402 g/mol. The zero-order valence-corrected chi connectivity index (χ0v) is 18.3. The molecule has 4 rings (SSSR count). The number of hydrogen-bond donors (Lipinski definition) is 0. The van der Waals surface area contributed by atoms with Crippen LogP contribution in [0, 0.1) is 0 Å². The Morgan fingerprint density at radius 1 is 1.00 bits per heavy atom. The summed E-state index contributed by atoms with van der Waals surface area (Å²) in [5, 5.41) is 2.45. The van der Waals surface area contributed by atoms with E-state index in [4.69, 9.17) is 4.98 Å². The molecule has 0 aliphatic carbocycles. The number of fused-ring (bicyclic) bond motifs is 2. The van der Waals surface area contributed by atoms with E-state index in [-0.39, 0.29) is 4.90 Å². The van der Waals surface area contributed by atoms with Gasteiger partial charge in [0.15, 0.2) is 0 Å². The lowest BCUT2D eigenvalue weighted by Crippen LogP contribution is -2.22. The quantitative estimate of drug-likeness (QED) is 0.418. The van der Waals surface area contributed by atoms with E-state index in [1.165, 1.54) is 34.1 Å².